The number of H-pyrrole nitrogens is 1. The molecule has 2 aromatic carbocycles. The molecule has 0 bridgehead atoms. The summed E-state index contributed by atoms with van der Waals surface area (Å²) in [5.41, 5.74) is 1.57. The Morgan fingerprint density at radius 1 is 1.19 bits per heavy atom. The number of imidazole rings is 1. The predicted molar refractivity (Wildman–Crippen MR) is 76.6 cm³/mol. The number of fused-ring (bicyclic) bond motifs is 1. The van der Waals surface area contributed by atoms with Crippen molar-refractivity contribution in [1.29, 1.82) is 0 Å². The maximum Gasteiger partial charge on any atom is 0.264 e. The second kappa shape index (κ2) is 5.62. The van der Waals surface area contributed by atoms with Crippen LogP contribution in [-0.2, 0) is 4.79 Å². The third-order valence-corrected chi connectivity index (χ3v) is 2.84. The largest absolute Gasteiger partial charge is 0.481 e. The van der Waals surface area contributed by atoms with Gasteiger partial charge in [0.25, 0.3) is 5.91 Å². The maximum atomic E-state index is 13.3. The number of carbonyl (C=O) groups excluding carboxylic acids is 1. The Kier molecular flexibility index (Phi) is 3.51. The number of benzene rings is 2. The standard InChI is InChI=1S/C15H12FN3O2/c16-10-5-1-4-8-13(10)21-9-14(20)19-15-17-11-6-2-3-7-12(11)18-15/h1-8H,9H2,(H2,17,18,19,20). The minimum Gasteiger partial charge on any atom is -0.481 e. The molecule has 0 radical (unpaired) electrons. The van der Waals surface area contributed by atoms with Gasteiger partial charge in [0, 0.05) is 0 Å². The van der Waals surface area contributed by atoms with Gasteiger partial charge in [-0.2, -0.15) is 0 Å². The summed E-state index contributed by atoms with van der Waals surface area (Å²) < 4.78 is 18.4. The van der Waals surface area contributed by atoms with E-state index in [0.717, 1.165) is 11.0 Å². The number of ether oxygens (including phenoxy) is 1. The van der Waals surface area contributed by atoms with Gasteiger partial charge in [-0.25, -0.2) is 9.37 Å². The van der Waals surface area contributed by atoms with Crippen molar-refractivity contribution in [2.24, 2.45) is 0 Å². The Labute approximate surface area is 119 Å². The molecule has 0 unspecified atom stereocenters. The van der Waals surface area contributed by atoms with E-state index in [1.54, 1.807) is 12.1 Å². The lowest BCUT2D eigenvalue weighted by molar-refractivity contribution is -0.118. The first-order chi connectivity index (χ1) is 10.2. The van der Waals surface area contributed by atoms with E-state index in [0.29, 0.717) is 5.95 Å². The number of nitrogens with zero attached hydrogens (tertiary/aromatic N) is 1. The van der Waals surface area contributed by atoms with Crippen molar-refractivity contribution in [1.82, 2.24) is 9.97 Å². The van der Waals surface area contributed by atoms with Gasteiger partial charge in [0.2, 0.25) is 5.95 Å². The van der Waals surface area contributed by atoms with Gasteiger partial charge in [0.05, 0.1) is 11.0 Å². The van der Waals surface area contributed by atoms with Crippen molar-refractivity contribution < 1.29 is 13.9 Å². The summed E-state index contributed by atoms with van der Waals surface area (Å²) in [7, 11) is 0. The van der Waals surface area contributed by atoms with E-state index >= 15 is 0 Å². The van der Waals surface area contributed by atoms with E-state index in [9.17, 15) is 9.18 Å². The number of anilines is 1. The first-order valence-corrected chi connectivity index (χ1v) is 6.34. The molecule has 0 aliphatic carbocycles. The average molecular weight is 285 g/mol. The molecule has 0 fully saturated rings. The summed E-state index contributed by atoms with van der Waals surface area (Å²) in [5.74, 6) is -0.554. The van der Waals surface area contributed by atoms with Crippen LogP contribution in [0.3, 0.4) is 0 Å². The lowest BCUT2D eigenvalue weighted by Crippen LogP contribution is -2.21. The summed E-state index contributed by atoms with van der Waals surface area (Å²) >= 11 is 0. The molecule has 0 spiro atoms. The molecule has 106 valence electrons. The summed E-state index contributed by atoms with van der Waals surface area (Å²) in [5, 5.41) is 2.57. The fourth-order valence-electron chi connectivity index (χ4n) is 1.89. The van der Waals surface area contributed by atoms with Crippen molar-refractivity contribution >= 4 is 22.9 Å². The van der Waals surface area contributed by atoms with Crippen LogP contribution in [0.15, 0.2) is 48.5 Å². The topological polar surface area (TPSA) is 67.0 Å². The predicted octanol–water partition coefficient (Wildman–Crippen LogP) is 2.72. The SMILES string of the molecule is O=C(COc1ccccc1F)Nc1nc2ccccc2[nH]1. The van der Waals surface area contributed by atoms with Crippen molar-refractivity contribution in [2.45, 2.75) is 0 Å². The van der Waals surface area contributed by atoms with Crippen LogP contribution in [0.1, 0.15) is 0 Å². The third kappa shape index (κ3) is 3.00. The number of carbonyl (C=O) groups is 1. The number of rotatable bonds is 4. The minimum absolute atomic E-state index is 0.0391. The molecule has 6 heteroatoms. The van der Waals surface area contributed by atoms with Crippen molar-refractivity contribution in [3.05, 3.63) is 54.3 Å². The van der Waals surface area contributed by atoms with Crippen LogP contribution in [0.2, 0.25) is 0 Å². The monoisotopic (exact) mass is 285 g/mol. The molecule has 1 amide bonds. The first kappa shape index (κ1) is 13.1. The van der Waals surface area contributed by atoms with Crippen molar-refractivity contribution in [2.75, 3.05) is 11.9 Å². The van der Waals surface area contributed by atoms with Gasteiger partial charge in [-0.1, -0.05) is 24.3 Å². The van der Waals surface area contributed by atoms with Gasteiger partial charge in [0.1, 0.15) is 0 Å². The average Bonchev–Trinajstić information content (AvgIpc) is 2.88. The highest BCUT2D eigenvalue weighted by Crippen LogP contribution is 2.16. The van der Waals surface area contributed by atoms with Crippen LogP contribution < -0.4 is 10.1 Å². The Hall–Kier alpha value is -2.89. The quantitative estimate of drug-likeness (QED) is 0.774. The van der Waals surface area contributed by atoms with Crippen LogP contribution >= 0.6 is 0 Å². The molecule has 5 nitrogen and oxygen atoms in total. The van der Waals surface area contributed by atoms with Gasteiger partial charge >= 0.3 is 0 Å². The summed E-state index contributed by atoms with van der Waals surface area (Å²) in [6, 6.07) is 13.3. The van der Waals surface area contributed by atoms with Crippen LogP contribution in [0, 0.1) is 5.82 Å². The van der Waals surface area contributed by atoms with Gasteiger partial charge in [-0.05, 0) is 24.3 Å². The van der Waals surface area contributed by atoms with Crippen LogP contribution in [0.25, 0.3) is 11.0 Å². The molecule has 1 heterocycles. The summed E-state index contributed by atoms with van der Waals surface area (Å²) in [6.45, 7) is -0.294. The molecule has 0 aliphatic heterocycles. The molecule has 0 saturated heterocycles. The van der Waals surface area contributed by atoms with E-state index in [-0.39, 0.29) is 12.4 Å². The van der Waals surface area contributed by atoms with Crippen LogP contribution in [-0.4, -0.2) is 22.5 Å². The zero-order valence-electron chi connectivity index (χ0n) is 11.0. The lowest BCUT2D eigenvalue weighted by atomic mass is 10.3. The molecule has 3 rings (SSSR count). The van der Waals surface area contributed by atoms with Crippen molar-refractivity contribution in [3.8, 4) is 5.75 Å². The van der Waals surface area contributed by atoms with Crippen molar-refractivity contribution in [3.63, 3.8) is 0 Å². The lowest BCUT2D eigenvalue weighted by Gasteiger charge is -2.06. The van der Waals surface area contributed by atoms with E-state index in [4.69, 9.17) is 4.74 Å². The second-order valence-electron chi connectivity index (χ2n) is 4.37. The highest BCUT2D eigenvalue weighted by molar-refractivity contribution is 5.92. The van der Waals surface area contributed by atoms with E-state index < -0.39 is 11.7 Å². The molecule has 0 saturated carbocycles. The number of halogens is 1. The third-order valence-electron chi connectivity index (χ3n) is 2.84. The number of aromatic nitrogens is 2. The molecule has 2 N–H and O–H groups in total. The van der Waals surface area contributed by atoms with E-state index in [2.05, 4.69) is 15.3 Å². The Morgan fingerprint density at radius 3 is 2.76 bits per heavy atom. The van der Waals surface area contributed by atoms with Gasteiger partial charge < -0.3 is 9.72 Å². The fourth-order valence-corrected chi connectivity index (χ4v) is 1.89. The molecule has 3 aromatic rings. The van der Waals surface area contributed by atoms with E-state index in [1.807, 2.05) is 24.3 Å². The highest BCUT2D eigenvalue weighted by atomic mass is 19.1. The number of hydrogen-bond acceptors (Lipinski definition) is 3. The Balaban J connectivity index is 1.62. The van der Waals surface area contributed by atoms with Gasteiger partial charge in [-0.3, -0.25) is 10.1 Å². The van der Waals surface area contributed by atoms with Gasteiger partial charge in [0.15, 0.2) is 18.2 Å². The molecule has 21 heavy (non-hydrogen) atoms. The van der Waals surface area contributed by atoms with Crippen LogP contribution in [0.4, 0.5) is 10.3 Å². The molecular formula is C15H12FN3O2. The first-order valence-electron chi connectivity index (χ1n) is 6.34. The molecule has 0 atom stereocenters. The maximum absolute atomic E-state index is 13.3. The number of aromatic amines is 1. The number of para-hydroxylation sites is 3. The highest BCUT2D eigenvalue weighted by Gasteiger charge is 2.09. The van der Waals surface area contributed by atoms with Gasteiger partial charge in [-0.15, -0.1) is 0 Å². The zero-order chi connectivity index (χ0) is 14.7. The normalized spacial score (nSPS) is 10.5. The fraction of sp³-hybridized carbons (Fsp3) is 0.0667. The Bertz CT molecular complexity index is 752. The molecule has 1 aromatic heterocycles. The Morgan fingerprint density at radius 2 is 1.95 bits per heavy atom. The number of hydrogen-bond donors (Lipinski definition) is 2. The molecular weight excluding hydrogens is 273 g/mol. The number of nitrogens with one attached hydrogen (secondary N) is 2. The second-order valence-corrected chi connectivity index (χ2v) is 4.37. The molecule has 0 aliphatic rings. The van der Waals surface area contributed by atoms with Crippen LogP contribution in [0.5, 0.6) is 5.75 Å². The summed E-state index contributed by atoms with van der Waals surface area (Å²) in [6.07, 6.45) is 0. The van der Waals surface area contributed by atoms with E-state index in [1.165, 1.54) is 12.1 Å². The number of amides is 1. The summed E-state index contributed by atoms with van der Waals surface area (Å²) in [4.78, 5) is 18.9. The smallest absolute Gasteiger partial charge is 0.264 e. The minimum atomic E-state index is -0.506. The zero-order valence-corrected chi connectivity index (χ0v) is 11.0.